The van der Waals surface area contributed by atoms with Crippen molar-refractivity contribution in [3.63, 3.8) is 0 Å². The fraction of sp³-hybridized carbons (Fsp3) is 0.188. The van der Waals surface area contributed by atoms with Crippen LogP contribution >= 0.6 is 0 Å². The number of nitrogens with two attached hydrogens (primary N) is 2. The van der Waals surface area contributed by atoms with E-state index >= 15 is 0 Å². The third kappa shape index (κ3) is 3.08. The van der Waals surface area contributed by atoms with E-state index < -0.39 is 0 Å². The number of pyridine rings is 1. The number of hydrogen-bond donors (Lipinski definition) is 2. The zero-order valence-corrected chi connectivity index (χ0v) is 12.9. The van der Waals surface area contributed by atoms with Gasteiger partial charge < -0.3 is 20.9 Å². The van der Waals surface area contributed by atoms with Crippen LogP contribution in [0.5, 0.6) is 11.5 Å². The van der Waals surface area contributed by atoms with E-state index in [4.69, 9.17) is 20.9 Å². The van der Waals surface area contributed by atoms with Crippen LogP contribution in [-0.4, -0.2) is 29.2 Å². The molecular formula is C16H17N5O2. The molecular weight excluding hydrogens is 294 g/mol. The van der Waals surface area contributed by atoms with Crippen molar-refractivity contribution in [2.24, 2.45) is 0 Å². The lowest BCUT2D eigenvalue weighted by Gasteiger charge is -2.09. The Kier molecular flexibility index (Phi) is 3.84. The van der Waals surface area contributed by atoms with Crippen LogP contribution in [0.2, 0.25) is 0 Å². The number of fused-ring (bicyclic) bond motifs is 1. The molecule has 0 aliphatic heterocycles. The van der Waals surface area contributed by atoms with Gasteiger partial charge in [-0.15, -0.1) is 0 Å². The van der Waals surface area contributed by atoms with Crippen molar-refractivity contribution in [3.05, 3.63) is 41.6 Å². The topological polar surface area (TPSA) is 109 Å². The van der Waals surface area contributed by atoms with E-state index in [1.807, 2.05) is 24.3 Å². The molecule has 0 amide bonds. The van der Waals surface area contributed by atoms with Crippen LogP contribution < -0.4 is 20.9 Å². The number of nitrogen functional groups attached to an aromatic ring is 2. The quantitative estimate of drug-likeness (QED) is 0.756. The normalized spacial score (nSPS) is 10.7. The van der Waals surface area contributed by atoms with Crippen molar-refractivity contribution in [3.8, 4) is 11.5 Å². The van der Waals surface area contributed by atoms with Gasteiger partial charge in [-0.2, -0.15) is 9.97 Å². The SMILES string of the molecule is COc1cc(Cc2cnc3nc(N)nc(N)c3c2)cc(OC)c1. The summed E-state index contributed by atoms with van der Waals surface area (Å²) in [6.45, 7) is 0. The average molecular weight is 311 g/mol. The van der Waals surface area contributed by atoms with Gasteiger partial charge in [-0.25, -0.2) is 4.98 Å². The molecule has 0 radical (unpaired) electrons. The van der Waals surface area contributed by atoms with Crippen molar-refractivity contribution in [1.29, 1.82) is 0 Å². The van der Waals surface area contributed by atoms with Gasteiger partial charge in [0.2, 0.25) is 5.95 Å². The van der Waals surface area contributed by atoms with Crippen molar-refractivity contribution in [1.82, 2.24) is 15.0 Å². The lowest BCUT2D eigenvalue weighted by Crippen LogP contribution is -2.02. The molecule has 23 heavy (non-hydrogen) atoms. The third-order valence-electron chi connectivity index (χ3n) is 3.47. The molecule has 1 aromatic carbocycles. The van der Waals surface area contributed by atoms with Gasteiger partial charge in [-0.05, 0) is 35.7 Å². The molecule has 0 bridgehead atoms. The molecule has 0 fully saturated rings. The van der Waals surface area contributed by atoms with Crippen LogP contribution in [-0.2, 0) is 6.42 Å². The molecule has 2 heterocycles. The lowest BCUT2D eigenvalue weighted by atomic mass is 10.0. The Labute approximate surface area is 133 Å². The zero-order chi connectivity index (χ0) is 16.4. The summed E-state index contributed by atoms with van der Waals surface area (Å²) in [5.74, 6) is 1.92. The van der Waals surface area contributed by atoms with E-state index in [0.29, 0.717) is 23.3 Å². The highest BCUT2D eigenvalue weighted by Crippen LogP contribution is 2.25. The summed E-state index contributed by atoms with van der Waals surface area (Å²) in [7, 11) is 3.25. The molecule has 7 heteroatoms. The highest BCUT2D eigenvalue weighted by atomic mass is 16.5. The van der Waals surface area contributed by atoms with Crippen LogP contribution in [0.15, 0.2) is 30.5 Å². The summed E-state index contributed by atoms with van der Waals surface area (Å²) < 4.78 is 10.6. The van der Waals surface area contributed by atoms with Gasteiger partial charge in [0.1, 0.15) is 17.3 Å². The second-order valence-electron chi connectivity index (χ2n) is 5.08. The minimum atomic E-state index is 0.118. The van der Waals surface area contributed by atoms with E-state index in [1.54, 1.807) is 20.4 Å². The molecule has 0 spiro atoms. The van der Waals surface area contributed by atoms with E-state index in [2.05, 4.69) is 15.0 Å². The summed E-state index contributed by atoms with van der Waals surface area (Å²) >= 11 is 0. The first-order valence-electron chi connectivity index (χ1n) is 6.98. The number of aromatic nitrogens is 3. The fourth-order valence-electron chi connectivity index (χ4n) is 2.40. The molecule has 4 N–H and O–H groups in total. The summed E-state index contributed by atoms with van der Waals surface area (Å²) in [6.07, 6.45) is 2.40. The van der Waals surface area contributed by atoms with Crippen LogP contribution in [0.4, 0.5) is 11.8 Å². The predicted octanol–water partition coefficient (Wildman–Crippen LogP) is 1.80. The van der Waals surface area contributed by atoms with Gasteiger partial charge in [0.25, 0.3) is 0 Å². The van der Waals surface area contributed by atoms with Gasteiger partial charge >= 0.3 is 0 Å². The van der Waals surface area contributed by atoms with Crippen LogP contribution in [0.25, 0.3) is 11.0 Å². The number of hydrogen-bond acceptors (Lipinski definition) is 7. The first kappa shape index (κ1) is 14.8. The van der Waals surface area contributed by atoms with Gasteiger partial charge in [-0.3, -0.25) is 0 Å². The average Bonchev–Trinajstić information content (AvgIpc) is 2.55. The highest BCUT2D eigenvalue weighted by Gasteiger charge is 2.08. The maximum Gasteiger partial charge on any atom is 0.224 e. The molecule has 0 saturated heterocycles. The Balaban J connectivity index is 1.98. The Bertz CT molecular complexity index is 844. The second kappa shape index (κ2) is 5.96. The summed E-state index contributed by atoms with van der Waals surface area (Å²) in [5.41, 5.74) is 14.0. The third-order valence-corrected chi connectivity index (χ3v) is 3.47. The fourth-order valence-corrected chi connectivity index (χ4v) is 2.40. The van der Waals surface area contributed by atoms with E-state index in [-0.39, 0.29) is 5.95 Å². The van der Waals surface area contributed by atoms with E-state index in [1.165, 1.54) is 0 Å². The lowest BCUT2D eigenvalue weighted by molar-refractivity contribution is 0.393. The first-order valence-corrected chi connectivity index (χ1v) is 6.98. The molecule has 0 atom stereocenters. The predicted molar refractivity (Wildman–Crippen MR) is 88.5 cm³/mol. The van der Waals surface area contributed by atoms with Gasteiger partial charge in [-0.1, -0.05) is 0 Å². The first-order chi connectivity index (χ1) is 11.1. The number of nitrogens with zero attached hydrogens (tertiary/aromatic N) is 3. The number of methoxy groups -OCH3 is 2. The molecule has 7 nitrogen and oxygen atoms in total. The van der Waals surface area contributed by atoms with E-state index in [9.17, 15) is 0 Å². The maximum absolute atomic E-state index is 5.90. The minimum Gasteiger partial charge on any atom is -0.497 e. The standard InChI is InChI=1S/C16H17N5O2/c1-22-11-4-9(5-12(7-11)23-2)3-10-6-13-14(17)20-16(18)21-15(13)19-8-10/h4-8H,3H2,1-2H3,(H4,17,18,19,20,21). The minimum absolute atomic E-state index is 0.118. The van der Waals surface area contributed by atoms with Gasteiger partial charge in [0.05, 0.1) is 19.6 Å². The molecule has 3 aromatic rings. The summed E-state index contributed by atoms with van der Waals surface area (Å²) in [5, 5.41) is 0.687. The molecule has 0 unspecified atom stereocenters. The van der Waals surface area contributed by atoms with Gasteiger partial charge in [0, 0.05) is 12.3 Å². The monoisotopic (exact) mass is 311 g/mol. The van der Waals surface area contributed by atoms with Crippen LogP contribution in [0.3, 0.4) is 0 Å². The number of anilines is 2. The molecule has 0 aliphatic carbocycles. The van der Waals surface area contributed by atoms with E-state index in [0.717, 1.165) is 22.6 Å². The number of benzene rings is 1. The highest BCUT2D eigenvalue weighted by molar-refractivity contribution is 5.86. The molecule has 0 aliphatic rings. The maximum atomic E-state index is 5.90. The molecule has 0 saturated carbocycles. The van der Waals surface area contributed by atoms with Crippen molar-refractivity contribution in [2.45, 2.75) is 6.42 Å². The Morgan fingerprint density at radius 3 is 2.26 bits per heavy atom. The number of rotatable bonds is 4. The Morgan fingerprint density at radius 2 is 1.61 bits per heavy atom. The second-order valence-corrected chi connectivity index (χ2v) is 5.08. The summed E-state index contributed by atoms with van der Waals surface area (Å²) in [6, 6.07) is 7.66. The molecule has 118 valence electrons. The largest absolute Gasteiger partial charge is 0.497 e. The smallest absolute Gasteiger partial charge is 0.224 e. The summed E-state index contributed by atoms with van der Waals surface area (Å²) in [4.78, 5) is 12.4. The Morgan fingerprint density at radius 1 is 0.913 bits per heavy atom. The number of ether oxygens (including phenoxy) is 2. The van der Waals surface area contributed by atoms with Crippen LogP contribution in [0, 0.1) is 0 Å². The van der Waals surface area contributed by atoms with Crippen LogP contribution in [0.1, 0.15) is 11.1 Å². The molecule has 2 aromatic heterocycles. The molecule has 3 rings (SSSR count). The van der Waals surface area contributed by atoms with Crippen molar-refractivity contribution >= 4 is 22.8 Å². The van der Waals surface area contributed by atoms with Crippen molar-refractivity contribution in [2.75, 3.05) is 25.7 Å². The van der Waals surface area contributed by atoms with Gasteiger partial charge in [0.15, 0.2) is 5.65 Å². The zero-order valence-electron chi connectivity index (χ0n) is 12.9. The van der Waals surface area contributed by atoms with Crippen molar-refractivity contribution < 1.29 is 9.47 Å². The Hall–Kier alpha value is -3.09.